The second-order valence-electron chi connectivity index (χ2n) is 5.83. The largest absolute Gasteiger partial charge is 0.547 e. The smallest absolute Gasteiger partial charge is 0.169 e. The number of rotatable bonds is 5. The van der Waals surface area contributed by atoms with E-state index in [1.165, 1.54) is 11.4 Å². The molecule has 2 unspecified atom stereocenters. The summed E-state index contributed by atoms with van der Waals surface area (Å²) >= 11 is 0. The van der Waals surface area contributed by atoms with E-state index in [0.29, 0.717) is 0 Å². The van der Waals surface area contributed by atoms with E-state index in [9.17, 15) is 19.8 Å². The maximum Gasteiger partial charge on any atom is 0.169 e. The molecule has 0 radical (unpaired) electrons. The van der Waals surface area contributed by atoms with E-state index in [1.54, 1.807) is 0 Å². The summed E-state index contributed by atoms with van der Waals surface area (Å²) < 4.78 is 0. The van der Waals surface area contributed by atoms with Crippen molar-refractivity contribution in [1.82, 2.24) is 0 Å². The van der Waals surface area contributed by atoms with Crippen molar-refractivity contribution in [2.75, 3.05) is 38.0 Å². The van der Waals surface area contributed by atoms with Crippen molar-refractivity contribution < 1.29 is 40.0 Å². The molecule has 2 rings (SSSR count). The topological polar surface area (TPSA) is 155 Å². The van der Waals surface area contributed by atoms with Gasteiger partial charge >= 0.3 is 0 Å². The molecule has 2 aromatic heterocycles. The maximum atomic E-state index is 9.63. The normalized spacial score (nSPS) is 11.5. The van der Waals surface area contributed by atoms with Gasteiger partial charge in [0.2, 0.25) is 0 Å². The Balaban J connectivity index is 0.000000391. The minimum Gasteiger partial charge on any atom is -0.547 e. The average Bonchev–Trinajstić information content (AvgIpc) is 2.69. The first-order chi connectivity index (χ1) is 13.1. The highest BCUT2D eigenvalue weighted by Gasteiger charge is 2.17. The SMILES string of the molecule is CN(C)c1cc[nH+]cc1.CN(C)c1cc[nH+]cc1.O=C([O-])C(O)C(O)C(=O)[O-]. The van der Waals surface area contributed by atoms with Crippen LogP contribution in [0.1, 0.15) is 0 Å². The minimum atomic E-state index is -2.44. The molecule has 154 valence electrons. The third-order valence-corrected chi connectivity index (χ3v) is 3.22. The number of carbonyl (C=O) groups excluding carboxylic acids is 2. The minimum absolute atomic E-state index is 1.22. The number of anilines is 2. The first-order valence-electron chi connectivity index (χ1n) is 8.12. The van der Waals surface area contributed by atoms with Gasteiger partial charge in [0.25, 0.3) is 0 Å². The number of nitrogens with zero attached hydrogens (tertiary/aromatic N) is 2. The molecule has 0 spiro atoms. The molecule has 0 saturated heterocycles. The van der Waals surface area contributed by atoms with Crippen molar-refractivity contribution in [3.05, 3.63) is 49.1 Å². The van der Waals surface area contributed by atoms with E-state index in [0.717, 1.165) is 0 Å². The van der Waals surface area contributed by atoms with Gasteiger partial charge in [0.15, 0.2) is 24.8 Å². The van der Waals surface area contributed by atoms with Crippen molar-refractivity contribution in [3.8, 4) is 0 Å². The fourth-order valence-electron chi connectivity index (χ4n) is 1.61. The highest BCUT2D eigenvalue weighted by atomic mass is 16.4. The maximum absolute atomic E-state index is 9.63. The monoisotopic (exact) mass is 394 g/mol. The first kappa shape index (κ1) is 24.8. The summed E-state index contributed by atoms with van der Waals surface area (Å²) in [6.07, 6.45) is 2.77. The van der Waals surface area contributed by atoms with Gasteiger partial charge in [-0.2, -0.15) is 0 Å². The van der Waals surface area contributed by atoms with Gasteiger partial charge < -0.3 is 39.8 Å². The highest BCUT2D eigenvalue weighted by molar-refractivity contribution is 5.80. The number of carbonyl (C=O) groups is 2. The lowest BCUT2D eigenvalue weighted by Crippen LogP contribution is -2.51. The number of carboxylic acids is 2. The summed E-state index contributed by atoms with van der Waals surface area (Å²) in [5.74, 6) is -4.12. The molecular formula is C18H26N4O6. The Morgan fingerprint density at radius 2 is 1.00 bits per heavy atom. The van der Waals surface area contributed by atoms with Crippen molar-refractivity contribution in [2.24, 2.45) is 0 Å². The molecule has 0 aliphatic carbocycles. The van der Waals surface area contributed by atoms with Crippen molar-refractivity contribution in [3.63, 3.8) is 0 Å². The summed E-state index contributed by atoms with van der Waals surface area (Å²) in [4.78, 5) is 29.3. The van der Waals surface area contributed by atoms with E-state index >= 15 is 0 Å². The molecule has 0 fully saturated rings. The Morgan fingerprint density at radius 3 is 1.14 bits per heavy atom. The van der Waals surface area contributed by atoms with Gasteiger partial charge in [0.05, 0.1) is 11.9 Å². The van der Waals surface area contributed by atoms with E-state index in [1.807, 2.05) is 77.2 Å². The number of carboxylic acid groups (broad SMARTS) is 2. The summed E-state index contributed by atoms with van der Waals surface area (Å²) in [5, 5.41) is 35.7. The van der Waals surface area contributed by atoms with Crippen LogP contribution in [0.25, 0.3) is 0 Å². The predicted octanol–water partition coefficient (Wildman–Crippen LogP) is -3.66. The van der Waals surface area contributed by atoms with Crippen molar-refractivity contribution in [2.45, 2.75) is 12.2 Å². The number of aliphatic hydroxyl groups excluding tert-OH is 2. The number of H-pyrrole nitrogens is 2. The number of aromatic nitrogens is 2. The van der Waals surface area contributed by atoms with E-state index in [4.69, 9.17) is 10.2 Å². The summed E-state index contributed by atoms with van der Waals surface area (Å²) in [7, 11) is 8.09. The van der Waals surface area contributed by atoms with Gasteiger partial charge in [-0.3, -0.25) is 0 Å². The van der Waals surface area contributed by atoms with Crippen LogP contribution in [0.5, 0.6) is 0 Å². The van der Waals surface area contributed by atoms with Gasteiger partial charge in [0, 0.05) is 63.8 Å². The molecule has 10 nitrogen and oxygen atoms in total. The lowest BCUT2D eigenvalue weighted by molar-refractivity contribution is -0.378. The third-order valence-electron chi connectivity index (χ3n) is 3.22. The average molecular weight is 394 g/mol. The fourth-order valence-corrected chi connectivity index (χ4v) is 1.61. The molecule has 0 bridgehead atoms. The zero-order chi connectivity index (χ0) is 21.7. The molecule has 0 aliphatic heterocycles. The van der Waals surface area contributed by atoms with Crippen LogP contribution in [0.15, 0.2) is 49.1 Å². The predicted molar refractivity (Wildman–Crippen MR) is 96.7 cm³/mol. The second kappa shape index (κ2) is 13.0. The van der Waals surface area contributed by atoms with Crippen molar-refractivity contribution >= 4 is 23.3 Å². The van der Waals surface area contributed by atoms with Crippen LogP contribution in [0.3, 0.4) is 0 Å². The number of pyridine rings is 2. The molecule has 2 aromatic rings. The van der Waals surface area contributed by atoms with E-state index < -0.39 is 24.1 Å². The Bertz CT molecular complexity index is 636. The van der Waals surface area contributed by atoms with Gasteiger partial charge in [-0.15, -0.1) is 0 Å². The first-order valence-corrected chi connectivity index (χ1v) is 8.12. The number of aromatic amines is 2. The van der Waals surface area contributed by atoms with Crippen LogP contribution in [-0.2, 0) is 9.59 Å². The summed E-state index contributed by atoms with van der Waals surface area (Å²) in [6.45, 7) is 0. The van der Waals surface area contributed by atoms with Crippen LogP contribution in [0, 0.1) is 0 Å². The van der Waals surface area contributed by atoms with Crippen molar-refractivity contribution in [1.29, 1.82) is 0 Å². The standard InChI is InChI=1S/2C7H10N2.C4H6O6/c2*1-9(2)7-3-5-8-6-4-7;5-1(3(7)8)2(6)4(9)10/h2*3-6H,1-2H3;1-2,5-6H,(H,7,8)(H,9,10). The lowest BCUT2D eigenvalue weighted by Gasteiger charge is -2.18. The number of hydrogen-bond donors (Lipinski definition) is 2. The van der Waals surface area contributed by atoms with Gasteiger partial charge in [0.1, 0.15) is 12.2 Å². The second-order valence-corrected chi connectivity index (χ2v) is 5.83. The number of hydrogen-bond acceptors (Lipinski definition) is 8. The van der Waals surface area contributed by atoms with E-state index in [-0.39, 0.29) is 0 Å². The van der Waals surface area contributed by atoms with Crippen LogP contribution in [0.2, 0.25) is 0 Å². The molecule has 2 heterocycles. The molecular weight excluding hydrogens is 368 g/mol. The zero-order valence-corrected chi connectivity index (χ0v) is 16.2. The molecule has 4 N–H and O–H groups in total. The molecule has 0 aliphatic rings. The molecule has 0 saturated carbocycles. The van der Waals surface area contributed by atoms with Crippen LogP contribution in [-0.4, -0.2) is 62.6 Å². The highest BCUT2D eigenvalue weighted by Crippen LogP contribution is 2.05. The number of aliphatic carboxylic acids is 2. The zero-order valence-electron chi connectivity index (χ0n) is 16.2. The van der Waals surface area contributed by atoms with Gasteiger partial charge in [-0.1, -0.05) is 0 Å². The fraction of sp³-hybridized carbons (Fsp3) is 0.333. The lowest BCUT2D eigenvalue weighted by atomic mass is 10.2. The Kier molecular flexibility index (Phi) is 11.5. The molecule has 2 atom stereocenters. The van der Waals surface area contributed by atoms with Crippen LogP contribution < -0.4 is 30.0 Å². The molecule has 28 heavy (non-hydrogen) atoms. The molecule has 0 amide bonds. The Labute approximate surface area is 163 Å². The Morgan fingerprint density at radius 1 is 0.750 bits per heavy atom. The molecule has 0 aromatic carbocycles. The summed E-state index contributed by atoms with van der Waals surface area (Å²) in [6, 6.07) is 8.11. The number of aliphatic hydroxyl groups is 2. The van der Waals surface area contributed by atoms with Gasteiger partial charge in [-0.25, -0.2) is 9.97 Å². The number of nitrogens with one attached hydrogen (secondary N) is 2. The van der Waals surface area contributed by atoms with Crippen LogP contribution >= 0.6 is 0 Å². The third kappa shape index (κ3) is 10.0. The van der Waals surface area contributed by atoms with E-state index in [2.05, 4.69) is 19.8 Å². The van der Waals surface area contributed by atoms with Gasteiger partial charge in [-0.05, 0) is 0 Å². The summed E-state index contributed by atoms with van der Waals surface area (Å²) in [5.41, 5.74) is 2.43. The van der Waals surface area contributed by atoms with Crippen LogP contribution in [0.4, 0.5) is 11.4 Å². The molecule has 10 heteroatoms. The quantitative estimate of drug-likeness (QED) is 0.526. The Hall–Kier alpha value is -3.24.